The largest absolute Gasteiger partial charge is 0.444 e. The molecule has 1 atom stereocenters. The summed E-state index contributed by atoms with van der Waals surface area (Å²) in [5.41, 5.74) is -0.543. The van der Waals surface area contributed by atoms with Crippen LogP contribution in [0.3, 0.4) is 0 Å². The lowest BCUT2D eigenvalue weighted by Gasteiger charge is -2.38. The first kappa shape index (κ1) is 17.1. The maximum atomic E-state index is 12.8. The summed E-state index contributed by atoms with van der Waals surface area (Å²) in [6, 6.07) is -0.387. The van der Waals surface area contributed by atoms with Gasteiger partial charge in [0.2, 0.25) is 5.91 Å². The second-order valence-corrected chi connectivity index (χ2v) is 6.98. The van der Waals surface area contributed by atoms with E-state index in [9.17, 15) is 9.59 Å². The quantitative estimate of drug-likeness (QED) is 0.743. The van der Waals surface area contributed by atoms with Gasteiger partial charge in [0.05, 0.1) is 6.61 Å². The Bertz CT molecular complexity index is 397. The highest BCUT2D eigenvalue weighted by Crippen LogP contribution is 2.22. The predicted molar refractivity (Wildman–Crippen MR) is 82.6 cm³/mol. The number of carbonyl (C=O) groups is 2. The van der Waals surface area contributed by atoms with Gasteiger partial charge < -0.3 is 14.4 Å². The van der Waals surface area contributed by atoms with E-state index >= 15 is 0 Å². The molecule has 0 bridgehead atoms. The van der Waals surface area contributed by atoms with Crippen LogP contribution in [0.2, 0.25) is 0 Å². The van der Waals surface area contributed by atoms with Gasteiger partial charge in [-0.05, 0) is 46.5 Å². The molecule has 126 valence electrons. The van der Waals surface area contributed by atoms with E-state index in [0.717, 1.165) is 25.7 Å². The van der Waals surface area contributed by atoms with Gasteiger partial charge in [-0.1, -0.05) is 0 Å². The Morgan fingerprint density at radius 1 is 1.05 bits per heavy atom. The highest BCUT2D eigenvalue weighted by molar-refractivity contribution is 5.86. The van der Waals surface area contributed by atoms with Crippen molar-refractivity contribution < 1.29 is 19.1 Å². The zero-order valence-electron chi connectivity index (χ0n) is 14.0. The van der Waals surface area contributed by atoms with Crippen LogP contribution in [0.5, 0.6) is 0 Å². The first-order valence-corrected chi connectivity index (χ1v) is 8.24. The molecule has 6 nitrogen and oxygen atoms in total. The highest BCUT2D eigenvalue weighted by atomic mass is 16.6. The van der Waals surface area contributed by atoms with Crippen molar-refractivity contribution in [3.8, 4) is 0 Å². The first-order valence-electron chi connectivity index (χ1n) is 8.24. The normalized spacial score (nSPS) is 23.9. The van der Waals surface area contributed by atoms with Crippen LogP contribution in [0.25, 0.3) is 0 Å². The summed E-state index contributed by atoms with van der Waals surface area (Å²) in [4.78, 5) is 28.6. The Hall–Kier alpha value is -1.30. The Kier molecular flexibility index (Phi) is 5.67. The summed E-state index contributed by atoms with van der Waals surface area (Å²) in [5, 5.41) is 0. The number of hydrogen-bond acceptors (Lipinski definition) is 4. The standard InChI is InChI=1S/C16H28N2O4/c1-16(2,3)22-15(20)18-9-5-4-7-13(18)14(19)17-8-6-11-21-12-10-17/h13H,4-12H2,1-3H3/t13-/m1/s1. The van der Waals surface area contributed by atoms with E-state index in [4.69, 9.17) is 9.47 Å². The fourth-order valence-electron chi connectivity index (χ4n) is 2.90. The number of rotatable bonds is 1. The number of hydrogen-bond donors (Lipinski definition) is 0. The molecule has 2 aliphatic heterocycles. The van der Waals surface area contributed by atoms with E-state index in [-0.39, 0.29) is 18.0 Å². The summed E-state index contributed by atoms with van der Waals surface area (Å²) in [7, 11) is 0. The SMILES string of the molecule is CC(C)(C)OC(=O)N1CCCC[C@@H]1C(=O)N1CCCOCC1. The van der Waals surface area contributed by atoms with Crippen LogP contribution in [0.4, 0.5) is 4.79 Å². The molecule has 0 aromatic heterocycles. The third-order valence-corrected chi connectivity index (χ3v) is 3.95. The minimum Gasteiger partial charge on any atom is -0.444 e. The Balaban J connectivity index is 2.04. The Morgan fingerprint density at radius 3 is 2.55 bits per heavy atom. The number of piperidine rings is 1. The lowest BCUT2D eigenvalue weighted by atomic mass is 10.0. The number of likely N-dealkylation sites (tertiary alicyclic amines) is 1. The van der Waals surface area contributed by atoms with Gasteiger partial charge in [-0.15, -0.1) is 0 Å². The molecule has 0 aliphatic carbocycles. The molecule has 0 radical (unpaired) electrons. The van der Waals surface area contributed by atoms with Gasteiger partial charge in [0, 0.05) is 26.2 Å². The molecule has 2 heterocycles. The topological polar surface area (TPSA) is 59.1 Å². The molecule has 2 amide bonds. The van der Waals surface area contributed by atoms with Gasteiger partial charge in [0.25, 0.3) is 0 Å². The van der Waals surface area contributed by atoms with E-state index in [0.29, 0.717) is 32.8 Å². The average Bonchev–Trinajstić information content (AvgIpc) is 2.74. The molecule has 0 unspecified atom stereocenters. The molecule has 2 aliphatic rings. The zero-order valence-corrected chi connectivity index (χ0v) is 14.0. The van der Waals surface area contributed by atoms with E-state index in [1.165, 1.54) is 0 Å². The molecule has 2 fully saturated rings. The number of carbonyl (C=O) groups excluding carboxylic acids is 2. The molecule has 0 saturated carbocycles. The van der Waals surface area contributed by atoms with Crippen molar-refractivity contribution in [2.24, 2.45) is 0 Å². The summed E-state index contributed by atoms with van der Waals surface area (Å²) >= 11 is 0. The third-order valence-electron chi connectivity index (χ3n) is 3.95. The maximum absolute atomic E-state index is 12.8. The number of ether oxygens (including phenoxy) is 2. The molecule has 22 heavy (non-hydrogen) atoms. The van der Waals surface area contributed by atoms with Crippen molar-refractivity contribution in [1.82, 2.24) is 9.80 Å². The van der Waals surface area contributed by atoms with Crippen molar-refractivity contribution in [2.45, 2.75) is 58.1 Å². The van der Waals surface area contributed by atoms with Gasteiger partial charge in [-0.25, -0.2) is 4.79 Å². The van der Waals surface area contributed by atoms with E-state index in [2.05, 4.69) is 0 Å². The third kappa shape index (κ3) is 4.60. The van der Waals surface area contributed by atoms with Gasteiger partial charge in [0.1, 0.15) is 11.6 Å². The van der Waals surface area contributed by atoms with Crippen LogP contribution in [0.1, 0.15) is 46.5 Å². The lowest BCUT2D eigenvalue weighted by Crippen LogP contribution is -2.54. The second-order valence-electron chi connectivity index (χ2n) is 6.98. The molecule has 0 spiro atoms. The summed E-state index contributed by atoms with van der Waals surface area (Å²) in [6.45, 7) is 8.72. The summed E-state index contributed by atoms with van der Waals surface area (Å²) in [6.07, 6.45) is 3.09. The van der Waals surface area contributed by atoms with Gasteiger partial charge in [0.15, 0.2) is 0 Å². The zero-order chi connectivity index (χ0) is 16.2. The Morgan fingerprint density at radius 2 is 1.82 bits per heavy atom. The minimum absolute atomic E-state index is 0.0380. The van der Waals surface area contributed by atoms with Gasteiger partial charge >= 0.3 is 6.09 Å². The van der Waals surface area contributed by atoms with E-state index in [1.54, 1.807) is 4.90 Å². The van der Waals surface area contributed by atoms with Crippen LogP contribution in [-0.2, 0) is 14.3 Å². The van der Waals surface area contributed by atoms with E-state index in [1.807, 2.05) is 25.7 Å². The molecule has 0 N–H and O–H groups in total. The molecule has 2 rings (SSSR count). The number of nitrogens with zero attached hydrogens (tertiary/aromatic N) is 2. The molecule has 2 saturated heterocycles. The monoisotopic (exact) mass is 312 g/mol. The lowest BCUT2D eigenvalue weighted by molar-refractivity contribution is -0.138. The molecule has 0 aromatic rings. The maximum Gasteiger partial charge on any atom is 0.410 e. The molecular formula is C16H28N2O4. The second kappa shape index (κ2) is 7.31. The van der Waals surface area contributed by atoms with E-state index < -0.39 is 5.60 Å². The average molecular weight is 312 g/mol. The van der Waals surface area contributed by atoms with Crippen LogP contribution >= 0.6 is 0 Å². The fraction of sp³-hybridized carbons (Fsp3) is 0.875. The summed E-state index contributed by atoms with van der Waals surface area (Å²) < 4.78 is 10.9. The Labute approximate surface area is 132 Å². The van der Waals surface area contributed by atoms with Crippen molar-refractivity contribution >= 4 is 12.0 Å². The van der Waals surface area contributed by atoms with Crippen molar-refractivity contribution in [3.63, 3.8) is 0 Å². The van der Waals surface area contributed by atoms with Crippen LogP contribution in [-0.4, -0.2) is 66.3 Å². The smallest absolute Gasteiger partial charge is 0.410 e. The first-order chi connectivity index (χ1) is 10.4. The van der Waals surface area contributed by atoms with Gasteiger partial charge in [-0.3, -0.25) is 9.69 Å². The molecule has 6 heteroatoms. The number of amides is 2. The van der Waals surface area contributed by atoms with Crippen molar-refractivity contribution in [3.05, 3.63) is 0 Å². The molecule has 0 aromatic carbocycles. The van der Waals surface area contributed by atoms with Crippen LogP contribution < -0.4 is 0 Å². The molecular weight excluding hydrogens is 284 g/mol. The van der Waals surface area contributed by atoms with Crippen LogP contribution in [0, 0.1) is 0 Å². The van der Waals surface area contributed by atoms with Crippen molar-refractivity contribution in [2.75, 3.05) is 32.8 Å². The van der Waals surface area contributed by atoms with Crippen molar-refractivity contribution in [1.29, 1.82) is 0 Å². The predicted octanol–water partition coefficient (Wildman–Crippen LogP) is 2.02. The van der Waals surface area contributed by atoms with Gasteiger partial charge in [-0.2, -0.15) is 0 Å². The highest BCUT2D eigenvalue weighted by Gasteiger charge is 2.36. The minimum atomic E-state index is -0.543. The fourth-order valence-corrected chi connectivity index (χ4v) is 2.90. The van der Waals surface area contributed by atoms with Crippen LogP contribution in [0.15, 0.2) is 0 Å². The summed E-state index contributed by atoms with van der Waals surface area (Å²) in [5.74, 6) is 0.0380.